The molecule has 0 heterocycles. The molecule has 0 amide bonds. The maximum atomic E-state index is 14.3. The number of nitrogens with zero attached hydrogens (tertiary/aromatic N) is 1. The molecule has 0 aliphatic rings. The summed E-state index contributed by atoms with van der Waals surface area (Å²) in [4.78, 5) is 10.6. The molecule has 0 fully saturated rings. The van der Waals surface area contributed by atoms with Crippen molar-refractivity contribution in [3.63, 3.8) is 0 Å². The zero-order chi connectivity index (χ0) is 20.3. The second kappa shape index (κ2) is 7.99. The highest BCUT2D eigenvalue weighted by Gasteiger charge is 2.29. The molecule has 3 rings (SSSR count). The fraction of sp³-hybridized carbons (Fsp3) is 0.100. The largest absolute Gasteiger partial charge is 0.482 e. The van der Waals surface area contributed by atoms with Gasteiger partial charge < -0.3 is 10.1 Å². The monoisotopic (exact) mass is 388 g/mol. The molecular formula is C20H15F3N2O3. The van der Waals surface area contributed by atoms with E-state index in [0.717, 1.165) is 6.07 Å². The Bertz CT molecular complexity index is 1030. The van der Waals surface area contributed by atoms with E-state index < -0.39 is 39.5 Å². The number of anilines is 2. The summed E-state index contributed by atoms with van der Waals surface area (Å²) in [5, 5.41) is 13.8. The topological polar surface area (TPSA) is 64.4 Å². The average molecular weight is 388 g/mol. The fourth-order valence-electron chi connectivity index (χ4n) is 2.59. The van der Waals surface area contributed by atoms with E-state index in [-0.39, 0.29) is 12.3 Å². The third kappa shape index (κ3) is 4.06. The van der Waals surface area contributed by atoms with E-state index in [9.17, 15) is 23.3 Å². The average Bonchev–Trinajstić information content (AvgIpc) is 2.66. The number of benzene rings is 3. The van der Waals surface area contributed by atoms with Gasteiger partial charge in [-0.1, -0.05) is 36.4 Å². The van der Waals surface area contributed by atoms with Crippen molar-refractivity contribution in [3.05, 3.63) is 93.3 Å². The predicted octanol–water partition coefficient (Wildman–Crippen LogP) is 5.64. The van der Waals surface area contributed by atoms with Crippen molar-refractivity contribution in [1.82, 2.24) is 0 Å². The van der Waals surface area contributed by atoms with Crippen molar-refractivity contribution >= 4 is 17.1 Å². The molecule has 0 radical (unpaired) electrons. The first-order chi connectivity index (χ1) is 13.4. The van der Waals surface area contributed by atoms with Crippen LogP contribution < -0.4 is 10.1 Å². The molecule has 5 nitrogen and oxygen atoms in total. The highest BCUT2D eigenvalue weighted by molar-refractivity contribution is 5.75. The molecule has 0 saturated heterocycles. The van der Waals surface area contributed by atoms with Gasteiger partial charge in [0.1, 0.15) is 12.4 Å². The maximum absolute atomic E-state index is 14.3. The molecule has 0 spiro atoms. The van der Waals surface area contributed by atoms with E-state index in [1.807, 2.05) is 0 Å². The molecule has 3 aromatic carbocycles. The van der Waals surface area contributed by atoms with E-state index in [1.165, 1.54) is 12.1 Å². The van der Waals surface area contributed by atoms with Crippen LogP contribution in [0.2, 0.25) is 0 Å². The van der Waals surface area contributed by atoms with Crippen molar-refractivity contribution in [2.45, 2.75) is 13.5 Å². The minimum Gasteiger partial charge on any atom is -0.482 e. The van der Waals surface area contributed by atoms with Gasteiger partial charge in [-0.2, -0.15) is 0 Å². The summed E-state index contributed by atoms with van der Waals surface area (Å²) >= 11 is 0. The highest BCUT2D eigenvalue weighted by atomic mass is 19.2. The molecule has 0 aromatic heterocycles. The van der Waals surface area contributed by atoms with Gasteiger partial charge in [0, 0.05) is 6.07 Å². The van der Waals surface area contributed by atoms with Crippen LogP contribution in [-0.2, 0) is 6.61 Å². The molecule has 0 unspecified atom stereocenters. The van der Waals surface area contributed by atoms with Gasteiger partial charge >= 0.3 is 5.69 Å². The summed E-state index contributed by atoms with van der Waals surface area (Å²) in [6, 6.07) is 13.3. The zero-order valence-corrected chi connectivity index (χ0v) is 14.7. The fourth-order valence-corrected chi connectivity index (χ4v) is 2.59. The number of nitro benzene ring substituents is 1. The Balaban J connectivity index is 2.02. The molecule has 28 heavy (non-hydrogen) atoms. The molecule has 1 N–H and O–H groups in total. The third-order valence-electron chi connectivity index (χ3n) is 3.96. The first-order valence-electron chi connectivity index (χ1n) is 8.23. The quantitative estimate of drug-likeness (QED) is 0.438. The van der Waals surface area contributed by atoms with Crippen LogP contribution >= 0.6 is 0 Å². The van der Waals surface area contributed by atoms with Crippen LogP contribution in [-0.4, -0.2) is 4.92 Å². The Morgan fingerprint density at radius 2 is 1.75 bits per heavy atom. The van der Waals surface area contributed by atoms with Crippen molar-refractivity contribution < 1.29 is 22.8 Å². The van der Waals surface area contributed by atoms with Gasteiger partial charge in [-0.05, 0) is 30.2 Å². The molecule has 144 valence electrons. The molecule has 0 atom stereocenters. The maximum Gasteiger partial charge on any atom is 0.337 e. The van der Waals surface area contributed by atoms with Gasteiger partial charge in [-0.3, -0.25) is 10.1 Å². The van der Waals surface area contributed by atoms with E-state index >= 15 is 0 Å². The van der Waals surface area contributed by atoms with E-state index in [0.29, 0.717) is 17.2 Å². The van der Waals surface area contributed by atoms with Crippen LogP contribution in [0.3, 0.4) is 0 Å². The summed E-state index contributed by atoms with van der Waals surface area (Å²) in [5.41, 5.74) is -0.581. The lowest BCUT2D eigenvalue weighted by Gasteiger charge is -2.14. The van der Waals surface area contributed by atoms with Gasteiger partial charge in [0.05, 0.1) is 10.6 Å². The lowest BCUT2D eigenvalue weighted by atomic mass is 10.2. The van der Waals surface area contributed by atoms with Crippen LogP contribution in [0.5, 0.6) is 5.75 Å². The Morgan fingerprint density at radius 1 is 1.04 bits per heavy atom. The number of hydrogen-bond donors (Lipinski definition) is 1. The Hall–Kier alpha value is -3.55. The van der Waals surface area contributed by atoms with Crippen LogP contribution in [0.15, 0.2) is 54.6 Å². The molecule has 3 aromatic rings. The number of aryl methyl sites for hydroxylation is 1. The van der Waals surface area contributed by atoms with E-state index in [2.05, 4.69) is 5.32 Å². The minimum atomic E-state index is -1.50. The Morgan fingerprint density at radius 3 is 2.39 bits per heavy atom. The molecular weight excluding hydrogens is 373 g/mol. The standard InChI is InChI=1S/C20H15F3N2O3/c1-12-7-8-16(14(21)9-12)24-19-18(23)15(22)10-17(20(19)25(26)27)28-11-13-5-3-2-4-6-13/h2-10,24H,11H2,1H3. The summed E-state index contributed by atoms with van der Waals surface area (Å²) < 4.78 is 47.9. The van der Waals surface area contributed by atoms with Crippen LogP contribution in [0.25, 0.3) is 0 Å². The van der Waals surface area contributed by atoms with Gasteiger partial charge in [-0.15, -0.1) is 0 Å². The first kappa shape index (κ1) is 19.2. The van der Waals surface area contributed by atoms with Crippen molar-refractivity contribution in [1.29, 1.82) is 0 Å². The van der Waals surface area contributed by atoms with Crippen molar-refractivity contribution in [3.8, 4) is 5.75 Å². The zero-order valence-electron chi connectivity index (χ0n) is 14.7. The SMILES string of the molecule is Cc1ccc(Nc2c(F)c(F)cc(OCc3ccccc3)c2[N+](=O)[O-])c(F)c1. The number of ether oxygens (including phenoxy) is 1. The number of nitro groups is 1. The number of rotatable bonds is 6. The van der Waals surface area contributed by atoms with Gasteiger partial charge in [0.15, 0.2) is 17.3 Å². The third-order valence-corrected chi connectivity index (χ3v) is 3.96. The molecule has 0 saturated carbocycles. The summed E-state index contributed by atoms with van der Waals surface area (Å²) in [6.07, 6.45) is 0. The first-order valence-corrected chi connectivity index (χ1v) is 8.23. The second-order valence-electron chi connectivity index (χ2n) is 6.03. The lowest BCUT2D eigenvalue weighted by molar-refractivity contribution is -0.385. The minimum absolute atomic E-state index is 0.0922. The second-order valence-corrected chi connectivity index (χ2v) is 6.03. The van der Waals surface area contributed by atoms with Crippen LogP contribution in [0, 0.1) is 34.5 Å². The molecule has 0 bridgehead atoms. The van der Waals surface area contributed by atoms with Gasteiger partial charge in [0.25, 0.3) is 0 Å². The molecule has 0 aliphatic heterocycles. The van der Waals surface area contributed by atoms with Crippen LogP contribution in [0.4, 0.5) is 30.2 Å². The number of halogens is 3. The summed E-state index contributed by atoms with van der Waals surface area (Å²) in [7, 11) is 0. The van der Waals surface area contributed by atoms with E-state index in [1.54, 1.807) is 37.3 Å². The number of hydrogen-bond acceptors (Lipinski definition) is 4. The summed E-state index contributed by atoms with van der Waals surface area (Å²) in [6.45, 7) is 1.55. The summed E-state index contributed by atoms with van der Waals surface area (Å²) in [5.74, 6) is -4.09. The Labute approximate surface area is 158 Å². The highest BCUT2D eigenvalue weighted by Crippen LogP contribution is 2.40. The lowest BCUT2D eigenvalue weighted by Crippen LogP contribution is -2.07. The van der Waals surface area contributed by atoms with Crippen LogP contribution in [0.1, 0.15) is 11.1 Å². The van der Waals surface area contributed by atoms with Gasteiger partial charge in [0.2, 0.25) is 5.75 Å². The number of nitrogens with one attached hydrogen (secondary N) is 1. The van der Waals surface area contributed by atoms with Crippen molar-refractivity contribution in [2.75, 3.05) is 5.32 Å². The van der Waals surface area contributed by atoms with E-state index in [4.69, 9.17) is 4.74 Å². The van der Waals surface area contributed by atoms with Gasteiger partial charge in [-0.25, -0.2) is 13.2 Å². The molecule has 8 heteroatoms. The smallest absolute Gasteiger partial charge is 0.337 e. The molecule has 0 aliphatic carbocycles. The normalized spacial score (nSPS) is 10.6. The predicted molar refractivity (Wildman–Crippen MR) is 98.2 cm³/mol. The Kier molecular flexibility index (Phi) is 5.49. The van der Waals surface area contributed by atoms with Crippen molar-refractivity contribution in [2.24, 2.45) is 0 Å².